The number of nitrogens with zero attached hydrogens (tertiary/aromatic N) is 5. The first-order chi connectivity index (χ1) is 14.0. The van der Waals surface area contributed by atoms with E-state index in [1.165, 1.54) is 0 Å². The summed E-state index contributed by atoms with van der Waals surface area (Å²) in [6, 6.07) is 3.89. The molecule has 160 valence electrons. The number of rotatable bonds is 7. The van der Waals surface area contributed by atoms with Gasteiger partial charge in [-0.1, -0.05) is 33.8 Å². The van der Waals surface area contributed by atoms with Crippen LogP contribution < -0.4 is 10.6 Å². The molecule has 0 atom stereocenters. The van der Waals surface area contributed by atoms with Gasteiger partial charge in [0.2, 0.25) is 5.95 Å². The van der Waals surface area contributed by atoms with E-state index in [1.807, 2.05) is 57.5 Å². The van der Waals surface area contributed by atoms with E-state index in [4.69, 9.17) is 0 Å². The van der Waals surface area contributed by atoms with Crippen molar-refractivity contribution in [3.8, 4) is 0 Å². The Labute approximate surface area is 173 Å². The fourth-order valence-electron chi connectivity index (χ4n) is 2.36. The van der Waals surface area contributed by atoms with Gasteiger partial charge in [0, 0.05) is 32.0 Å². The summed E-state index contributed by atoms with van der Waals surface area (Å²) in [6.07, 6.45) is 5.31. The normalized spacial score (nSPS) is 10.5. The van der Waals surface area contributed by atoms with E-state index in [-0.39, 0.29) is 0 Å². The van der Waals surface area contributed by atoms with Gasteiger partial charge in [0.05, 0.1) is 11.9 Å². The minimum Gasteiger partial charge on any atom is -0.389 e. The highest BCUT2D eigenvalue weighted by Gasteiger charge is 2.16. The van der Waals surface area contributed by atoms with E-state index in [0.717, 1.165) is 23.3 Å². The third-order valence-corrected chi connectivity index (χ3v) is 3.67. The molecule has 0 amide bonds. The summed E-state index contributed by atoms with van der Waals surface area (Å²) >= 11 is 0. The predicted molar refractivity (Wildman–Crippen MR) is 120 cm³/mol. The van der Waals surface area contributed by atoms with Crippen LogP contribution in [0.25, 0.3) is 11.2 Å². The lowest BCUT2D eigenvalue weighted by molar-refractivity contribution is 0.0943. The number of imidazole rings is 1. The van der Waals surface area contributed by atoms with Crippen LogP contribution in [0.1, 0.15) is 54.0 Å². The van der Waals surface area contributed by atoms with E-state index < -0.39 is 5.60 Å². The number of hydrogen-bond acceptors (Lipinski definition) is 7. The number of pyridine rings is 1. The maximum atomic E-state index is 9.92. The van der Waals surface area contributed by atoms with Crippen LogP contribution in [0.4, 0.5) is 11.8 Å². The summed E-state index contributed by atoms with van der Waals surface area (Å²) in [7, 11) is 0. The zero-order valence-corrected chi connectivity index (χ0v) is 18.7. The predicted octanol–water partition coefficient (Wildman–Crippen LogP) is 4.09. The molecular formula is C21H35N7O. The second-order valence-corrected chi connectivity index (χ2v) is 6.48. The average Bonchev–Trinajstić information content (AvgIpc) is 3.17. The Bertz CT molecular complexity index is 841. The highest BCUT2D eigenvalue weighted by Crippen LogP contribution is 2.21. The Hall–Kier alpha value is -2.74. The maximum Gasteiger partial charge on any atom is 0.226 e. The molecule has 0 saturated carbocycles. The summed E-state index contributed by atoms with van der Waals surface area (Å²) in [5, 5.41) is 16.3. The van der Waals surface area contributed by atoms with E-state index in [9.17, 15) is 5.11 Å². The van der Waals surface area contributed by atoms with Crippen LogP contribution in [-0.2, 0) is 13.1 Å². The fourth-order valence-corrected chi connectivity index (χ4v) is 2.36. The van der Waals surface area contributed by atoms with Gasteiger partial charge in [-0.3, -0.25) is 4.98 Å². The number of hydrogen-bond donors (Lipinski definition) is 3. The number of aromatic nitrogens is 5. The van der Waals surface area contributed by atoms with Gasteiger partial charge < -0.3 is 20.3 Å². The van der Waals surface area contributed by atoms with Crippen LogP contribution in [0.5, 0.6) is 0 Å². The van der Waals surface area contributed by atoms with Gasteiger partial charge >= 0.3 is 0 Å². The second kappa shape index (κ2) is 12.0. The van der Waals surface area contributed by atoms with Gasteiger partial charge in [-0.25, -0.2) is 4.98 Å². The number of aliphatic hydroxyl groups is 1. The summed E-state index contributed by atoms with van der Waals surface area (Å²) in [5.41, 5.74) is 1.67. The van der Waals surface area contributed by atoms with Crippen molar-refractivity contribution >= 4 is 22.9 Å². The Morgan fingerprint density at radius 3 is 2.41 bits per heavy atom. The molecule has 0 radical (unpaired) electrons. The molecule has 8 heteroatoms. The Kier molecular flexibility index (Phi) is 10.0. The largest absolute Gasteiger partial charge is 0.389 e. The maximum absolute atomic E-state index is 9.92. The van der Waals surface area contributed by atoms with E-state index >= 15 is 0 Å². The molecule has 8 nitrogen and oxygen atoms in total. The quantitative estimate of drug-likeness (QED) is 0.548. The molecule has 0 aromatic carbocycles. The smallest absolute Gasteiger partial charge is 0.226 e. The molecule has 3 aromatic heterocycles. The molecule has 0 spiro atoms. The molecule has 0 aliphatic carbocycles. The van der Waals surface area contributed by atoms with Crippen molar-refractivity contribution in [2.45, 2.75) is 67.2 Å². The van der Waals surface area contributed by atoms with Crippen molar-refractivity contribution < 1.29 is 5.11 Å². The molecule has 0 saturated heterocycles. The number of fused-ring (bicyclic) bond motifs is 1. The van der Waals surface area contributed by atoms with Crippen LogP contribution >= 0.6 is 0 Å². The first-order valence-corrected chi connectivity index (χ1v) is 10.3. The Morgan fingerprint density at radius 1 is 1.10 bits per heavy atom. The molecule has 0 aliphatic heterocycles. The van der Waals surface area contributed by atoms with Crippen molar-refractivity contribution in [1.29, 1.82) is 0 Å². The summed E-state index contributed by atoms with van der Waals surface area (Å²) < 4.78 is 1.96. The summed E-state index contributed by atoms with van der Waals surface area (Å²) in [5.74, 6) is 1.11. The standard InChI is InChI=1S/C17H23N7O.2C2H6/c1-4-24-11-21-13-14(19-9-12-6-5-7-18-8-12)22-16(23-15(13)24)20-10-17(2,3)25;2*1-2/h5-8,11,25H,4,9-10H2,1-3H3,(H2,19,20,22,23);2*1-2H3. The monoisotopic (exact) mass is 401 g/mol. The SMILES string of the molecule is CC.CC.CCn1cnc2c(NCc3cccnc3)nc(NCC(C)(C)O)nc21. The van der Waals surface area contributed by atoms with E-state index in [0.29, 0.717) is 24.9 Å². The van der Waals surface area contributed by atoms with Crippen LogP contribution in [0, 0.1) is 0 Å². The third-order valence-electron chi connectivity index (χ3n) is 3.67. The molecule has 29 heavy (non-hydrogen) atoms. The molecule has 0 aliphatic rings. The zero-order chi connectivity index (χ0) is 21.9. The Morgan fingerprint density at radius 2 is 1.83 bits per heavy atom. The minimum atomic E-state index is -0.855. The van der Waals surface area contributed by atoms with Gasteiger partial charge in [-0.05, 0) is 32.4 Å². The highest BCUT2D eigenvalue weighted by molar-refractivity contribution is 5.84. The lowest BCUT2D eigenvalue weighted by Crippen LogP contribution is -2.30. The molecule has 3 rings (SSSR count). The van der Waals surface area contributed by atoms with E-state index in [1.54, 1.807) is 26.4 Å². The molecule has 0 fully saturated rings. The van der Waals surface area contributed by atoms with Crippen LogP contribution in [0.15, 0.2) is 30.9 Å². The third kappa shape index (κ3) is 7.30. The number of nitrogens with one attached hydrogen (secondary N) is 2. The molecule has 0 unspecified atom stereocenters. The highest BCUT2D eigenvalue weighted by atomic mass is 16.3. The van der Waals surface area contributed by atoms with Gasteiger partial charge in [0.15, 0.2) is 17.0 Å². The van der Waals surface area contributed by atoms with Crippen molar-refractivity contribution in [2.75, 3.05) is 17.2 Å². The van der Waals surface area contributed by atoms with Gasteiger partial charge in [-0.15, -0.1) is 0 Å². The second-order valence-electron chi connectivity index (χ2n) is 6.48. The molecule has 0 bridgehead atoms. The van der Waals surface area contributed by atoms with Crippen LogP contribution in [-0.4, -0.2) is 41.8 Å². The van der Waals surface area contributed by atoms with Crippen molar-refractivity contribution in [1.82, 2.24) is 24.5 Å². The minimum absolute atomic E-state index is 0.348. The number of anilines is 2. The molecule has 3 N–H and O–H groups in total. The van der Waals surface area contributed by atoms with Crippen LogP contribution in [0.2, 0.25) is 0 Å². The Balaban J connectivity index is 0.000000989. The number of aryl methyl sites for hydroxylation is 1. The molecule has 3 heterocycles. The lowest BCUT2D eigenvalue weighted by Gasteiger charge is -2.18. The zero-order valence-electron chi connectivity index (χ0n) is 18.7. The van der Waals surface area contributed by atoms with Gasteiger partial charge in [0.25, 0.3) is 0 Å². The van der Waals surface area contributed by atoms with E-state index in [2.05, 4.69) is 30.6 Å². The van der Waals surface area contributed by atoms with Crippen molar-refractivity contribution in [3.05, 3.63) is 36.4 Å². The van der Waals surface area contributed by atoms with Gasteiger partial charge in [0.1, 0.15) is 0 Å². The van der Waals surface area contributed by atoms with Gasteiger partial charge in [-0.2, -0.15) is 9.97 Å². The topological polar surface area (TPSA) is 101 Å². The molecule has 3 aromatic rings. The van der Waals surface area contributed by atoms with Crippen molar-refractivity contribution in [2.24, 2.45) is 0 Å². The first kappa shape index (κ1) is 24.3. The van der Waals surface area contributed by atoms with Crippen LogP contribution in [0.3, 0.4) is 0 Å². The first-order valence-electron chi connectivity index (χ1n) is 10.3. The fraction of sp³-hybridized carbons (Fsp3) is 0.524. The average molecular weight is 402 g/mol. The summed E-state index contributed by atoms with van der Waals surface area (Å²) in [4.78, 5) is 17.6. The van der Waals surface area contributed by atoms with Crippen molar-refractivity contribution in [3.63, 3.8) is 0 Å². The molecular weight excluding hydrogens is 366 g/mol. The lowest BCUT2D eigenvalue weighted by atomic mass is 10.1. The summed E-state index contributed by atoms with van der Waals surface area (Å²) in [6.45, 7) is 15.2.